The molecule has 27 heavy (non-hydrogen) atoms. The Balaban J connectivity index is 1.56. The highest BCUT2D eigenvalue weighted by atomic mass is 32.1. The summed E-state index contributed by atoms with van der Waals surface area (Å²) in [5, 5.41) is 6.42. The van der Waals surface area contributed by atoms with E-state index in [1.165, 1.54) is 22.4 Å². The van der Waals surface area contributed by atoms with Crippen LogP contribution < -0.4 is 5.32 Å². The molecule has 9 heteroatoms. The molecule has 0 radical (unpaired) electrons. The van der Waals surface area contributed by atoms with Gasteiger partial charge in [-0.3, -0.25) is 19.2 Å². The summed E-state index contributed by atoms with van der Waals surface area (Å²) in [5.74, 6) is -2.84. The van der Waals surface area contributed by atoms with E-state index < -0.39 is 35.7 Å². The van der Waals surface area contributed by atoms with E-state index >= 15 is 0 Å². The zero-order valence-electron chi connectivity index (χ0n) is 14.7. The van der Waals surface area contributed by atoms with Crippen molar-refractivity contribution in [1.29, 1.82) is 0 Å². The number of piperazine rings is 1. The molecule has 4 rings (SSSR count). The van der Waals surface area contributed by atoms with Crippen LogP contribution in [0.1, 0.15) is 18.9 Å². The predicted octanol–water partition coefficient (Wildman–Crippen LogP) is 0.0477. The Hall–Kier alpha value is -2.52. The molecule has 0 spiro atoms. The van der Waals surface area contributed by atoms with E-state index in [-0.39, 0.29) is 24.7 Å². The van der Waals surface area contributed by atoms with E-state index in [0.717, 1.165) is 5.56 Å². The van der Waals surface area contributed by atoms with Crippen molar-refractivity contribution in [3.8, 4) is 0 Å². The summed E-state index contributed by atoms with van der Waals surface area (Å²) in [7, 11) is 0. The van der Waals surface area contributed by atoms with Crippen LogP contribution >= 0.6 is 11.3 Å². The van der Waals surface area contributed by atoms with Crippen molar-refractivity contribution in [3.63, 3.8) is 0 Å². The average Bonchev–Trinajstić information content (AvgIpc) is 3.16. The lowest BCUT2D eigenvalue weighted by Gasteiger charge is -2.49. The van der Waals surface area contributed by atoms with E-state index in [0.29, 0.717) is 13.0 Å². The molecule has 1 aromatic heterocycles. The molecule has 2 fully saturated rings. The van der Waals surface area contributed by atoms with Gasteiger partial charge in [-0.2, -0.15) is 11.3 Å². The molecular formula is C18H19N3O5S. The predicted molar refractivity (Wildman–Crippen MR) is 95.4 cm³/mol. The second-order valence-corrected chi connectivity index (χ2v) is 7.64. The quantitative estimate of drug-likeness (QED) is 0.446. The van der Waals surface area contributed by atoms with Crippen molar-refractivity contribution in [1.82, 2.24) is 15.1 Å². The number of ketones is 2. The highest BCUT2D eigenvalue weighted by Crippen LogP contribution is 2.29. The number of carbonyl (C=O) groups is 4. The van der Waals surface area contributed by atoms with Crippen molar-refractivity contribution < 1.29 is 23.9 Å². The van der Waals surface area contributed by atoms with Crippen LogP contribution in [0.4, 0.5) is 0 Å². The summed E-state index contributed by atoms with van der Waals surface area (Å²) in [6.07, 6.45) is 1.53. The number of carbonyl (C=O) groups excluding carboxylic acids is 4. The first kappa shape index (κ1) is 17.9. The topological polar surface area (TPSA) is 96.0 Å². The Kier molecular flexibility index (Phi) is 4.56. The van der Waals surface area contributed by atoms with Crippen LogP contribution in [0.15, 0.2) is 28.6 Å². The normalized spacial score (nSPS) is 27.8. The van der Waals surface area contributed by atoms with Crippen molar-refractivity contribution >= 4 is 34.7 Å². The molecule has 3 aliphatic heterocycles. The fourth-order valence-electron chi connectivity index (χ4n) is 3.65. The molecule has 2 saturated heterocycles. The van der Waals surface area contributed by atoms with Gasteiger partial charge in [0.05, 0.1) is 13.2 Å². The number of hydrogen-bond acceptors (Lipinski definition) is 7. The van der Waals surface area contributed by atoms with Crippen LogP contribution in [-0.2, 0) is 30.5 Å². The van der Waals surface area contributed by atoms with Crippen LogP contribution in [-0.4, -0.2) is 64.6 Å². The van der Waals surface area contributed by atoms with Crippen molar-refractivity contribution in [2.45, 2.75) is 38.2 Å². The van der Waals surface area contributed by atoms with Gasteiger partial charge in [0.25, 0.3) is 11.8 Å². The molecule has 0 saturated carbocycles. The number of rotatable bonds is 3. The third kappa shape index (κ3) is 3.06. The molecule has 3 aliphatic rings. The van der Waals surface area contributed by atoms with E-state index in [1.54, 1.807) is 4.90 Å². The molecule has 0 aliphatic carbocycles. The first-order chi connectivity index (χ1) is 13.0. The fourth-order valence-corrected chi connectivity index (χ4v) is 4.32. The largest absolute Gasteiger partial charge is 0.356 e. The van der Waals surface area contributed by atoms with Crippen molar-refractivity contribution in [2.24, 2.45) is 0 Å². The number of nitrogens with one attached hydrogen (secondary N) is 1. The monoisotopic (exact) mass is 389 g/mol. The summed E-state index contributed by atoms with van der Waals surface area (Å²) in [6.45, 7) is 2.94. The zero-order valence-corrected chi connectivity index (χ0v) is 15.5. The fraction of sp³-hybridized carbons (Fsp3) is 0.444. The maximum Gasteiger partial charge on any atom is 0.257 e. The summed E-state index contributed by atoms with van der Waals surface area (Å²) < 4.78 is 5.66. The standard InChI is InChI=1S/C18H19N3O5S/c1-10-2-4-26-13-8-20-7-12(17(24)19-6-11-3-5-27-9-11)15(22)16(23)14(20)18(25)21(10)13/h3,5,7,9-10,13-14H,2,4,6,8H2,1H3,(H,19,24)/t10-,13+,14?/m1/s1. The molecular weight excluding hydrogens is 370 g/mol. The van der Waals surface area contributed by atoms with E-state index in [9.17, 15) is 19.2 Å². The summed E-state index contributed by atoms with van der Waals surface area (Å²) >= 11 is 1.50. The second kappa shape index (κ2) is 6.90. The third-order valence-electron chi connectivity index (χ3n) is 5.11. The van der Waals surface area contributed by atoms with Crippen LogP contribution in [0.3, 0.4) is 0 Å². The number of fused-ring (bicyclic) bond motifs is 2. The van der Waals surface area contributed by atoms with Gasteiger partial charge < -0.3 is 19.9 Å². The van der Waals surface area contributed by atoms with Crippen LogP contribution in [0.25, 0.3) is 0 Å². The SMILES string of the molecule is C[C@@H]1CCO[C@H]2CN3C=C(C(=O)NCc4ccsc4)C(=O)C(=O)C3C(=O)N12. The van der Waals surface area contributed by atoms with E-state index in [1.807, 2.05) is 23.8 Å². The van der Waals surface area contributed by atoms with Gasteiger partial charge in [0.1, 0.15) is 11.8 Å². The maximum atomic E-state index is 12.8. The lowest BCUT2D eigenvalue weighted by Crippen LogP contribution is -2.69. The van der Waals surface area contributed by atoms with Gasteiger partial charge in [0.2, 0.25) is 11.6 Å². The molecule has 2 amide bonds. The zero-order chi connectivity index (χ0) is 19.1. The average molecular weight is 389 g/mol. The minimum atomic E-state index is -1.20. The first-order valence-corrected chi connectivity index (χ1v) is 9.71. The van der Waals surface area contributed by atoms with Gasteiger partial charge in [0.15, 0.2) is 6.04 Å². The minimum Gasteiger partial charge on any atom is -0.356 e. The van der Waals surface area contributed by atoms with Gasteiger partial charge >= 0.3 is 0 Å². The molecule has 142 valence electrons. The van der Waals surface area contributed by atoms with Gasteiger partial charge in [-0.15, -0.1) is 0 Å². The Morgan fingerprint density at radius 2 is 2.19 bits per heavy atom. The van der Waals surface area contributed by atoms with Crippen molar-refractivity contribution in [3.05, 3.63) is 34.2 Å². The van der Waals surface area contributed by atoms with E-state index in [2.05, 4.69) is 5.32 Å². The number of Topliss-reactive ketones (excluding diaryl/α,β-unsaturated/α-hetero) is 2. The molecule has 4 heterocycles. The van der Waals surface area contributed by atoms with Gasteiger partial charge in [0, 0.05) is 18.8 Å². The molecule has 1 aromatic rings. The number of amides is 2. The molecule has 0 aromatic carbocycles. The Morgan fingerprint density at radius 1 is 1.37 bits per heavy atom. The first-order valence-electron chi connectivity index (χ1n) is 8.76. The smallest absolute Gasteiger partial charge is 0.257 e. The summed E-state index contributed by atoms with van der Waals surface area (Å²) in [4.78, 5) is 53.3. The molecule has 0 bridgehead atoms. The van der Waals surface area contributed by atoms with Crippen molar-refractivity contribution in [2.75, 3.05) is 13.2 Å². The Labute approximate surface area is 159 Å². The van der Waals surface area contributed by atoms with Crippen LogP contribution in [0, 0.1) is 0 Å². The third-order valence-corrected chi connectivity index (χ3v) is 5.84. The highest BCUT2D eigenvalue weighted by Gasteiger charge is 2.51. The highest BCUT2D eigenvalue weighted by molar-refractivity contribution is 7.07. The molecule has 3 atom stereocenters. The molecule has 8 nitrogen and oxygen atoms in total. The summed E-state index contributed by atoms with van der Waals surface area (Å²) in [5.41, 5.74) is 0.673. The Morgan fingerprint density at radius 3 is 2.93 bits per heavy atom. The lowest BCUT2D eigenvalue weighted by molar-refractivity contribution is -0.185. The summed E-state index contributed by atoms with van der Waals surface area (Å²) in [6, 6.07) is 0.606. The number of hydrogen-bond donors (Lipinski definition) is 1. The number of nitrogens with zero attached hydrogens (tertiary/aromatic N) is 2. The Bertz CT molecular complexity index is 834. The van der Waals surface area contributed by atoms with Gasteiger partial charge in [-0.1, -0.05) is 0 Å². The van der Waals surface area contributed by atoms with Crippen LogP contribution in [0.5, 0.6) is 0 Å². The number of thiophene rings is 1. The van der Waals surface area contributed by atoms with Gasteiger partial charge in [-0.05, 0) is 35.7 Å². The molecule has 1 N–H and O–H groups in total. The maximum absolute atomic E-state index is 12.8. The minimum absolute atomic E-state index is 0.0550. The number of ether oxygens (including phenoxy) is 1. The lowest BCUT2D eigenvalue weighted by atomic mass is 9.92. The van der Waals surface area contributed by atoms with Gasteiger partial charge in [-0.25, -0.2) is 0 Å². The second-order valence-electron chi connectivity index (χ2n) is 6.86. The van der Waals surface area contributed by atoms with E-state index in [4.69, 9.17) is 4.74 Å². The van der Waals surface area contributed by atoms with Crippen LogP contribution in [0.2, 0.25) is 0 Å². The molecule has 1 unspecified atom stereocenters.